The van der Waals surface area contributed by atoms with Gasteiger partial charge in [-0.05, 0) is 53.1 Å². The van der Waals surface area contributed by atoms with E-state index in [0.717, 1.165) is 28.8 Å². The number of alkyl halides is 3. The maximum Gasteiger partial charge on any atom is 0.416 e. The summed E-state index contributed by atoms with van der Waals surface area (Å²) in [5.74, 6) is -0.411. The Morgan fingerprint density at radius 3 is 2.27 bits per heavy atom. The molecule has 3 aromatic carbocycles. The van der Waals surface area contributed by atoms with Crippen molar-refractivity contribution in [2.24, 2.45) is 0 Å². The Morgan fingerprint density at radius 2 is 1.63 bits per heavy atom. The Morgan fingerprint density at radius 1 is 0.933 bits per heavy atom. The van der Waals surface area contributed by atoms with E-state index >= 15 is 0 Å². The Bertz CT molecular complexity index is 1030. The van der Waals surface area contributed by atoms with E-state index in [1.54, 1.807) is 24.3 Å². The van der Waals surface area contributed by atoms with Gasteiger partial charge in [0.15, 0.2) is 0 Å². The molecule has 0 saturated carbocycles. The molecular formula is C23H19F3O4. The highest BCUT2D eigenvalue weighted by Crippen LogP contribution is 2.30. The number of hydrogen-bond donors (Lipinski definition) is 1. The topological polar surface area (TPSA) is 55.8 Å². The Kier molecular flexibility index (Phi) is 6.42. The summed E-state index contributed by atoms with van der Waals surface area (Å²) in [5.41, 5.74) is 2.37. The van der Waals surface area contributed by atoms with Crippen LogP contribution in [0.25, 0.3) is 11.1 Å². The number of ether oxygens (including phenoxy) is 2. The molecule has 1 N–H and O–H groups in total. The molecule has 0 fully saturated rings. The number of methoxy groups -OCH3 is 1. The molecule has 156 valence electrons. The van der Waals surface area contributed by atoms with E-state index in [9.17, 15) is 23.1 Å². The molecule has 7 heteroatoms. The van der Waals surface area contributed by atoms with Crippen molar-refractivity contribution >= 4 is 5.97 Å². The van der Waals surface area contributed by atoms with Crippen molar-refractivity contribution in [1.82, 2.24) is 0 Å². The van der Waals surface area contributed by atoms with Gasteiger partial charge in [0.25, 0.3) is 0 Å². The summed E-state index contributed by atoms with van der Waals surface area (Å²) < 4.78 is 49.0. The molecular weight excluding hydrogens is 397 g/mol. The van der Waals surface area contributed by atoms with Gasteiger partial charge in [-0.25, -0.2) is 4.79 Å². The fourth-order valence-corrected chi connectivity index (χ4v) is 2.97. The molecule has 30 heavy (non-hydrogen) atoms. The van der Waals surface area contributed by atoms with Crippen molar-refractivity contribution < 1.29 is 32.5 Å². The number of hydrogen-bond acceptors (Lipinski definition) is 3. The maximum absolute atomic E-state index is 12.6. The van der Waals surface area contributed by atoms with E-state index in [2.05, 4.69) is 0 Å². The van der Waals surface area contributed by atoms with E-state index in [-0.39, 0.29) is 18.8 Å². The molecule has 0 spiro atoms. The zero-order chi connectivity index (χ0) is 21.7. The Hall–Kier alpha value is -3.32. The zero-order valence-electron chi connectivity index (χ0n) is 16.1. The third kappa shape index (κ3) is 5.18. The van der Waals surface area contributed by atoms with Crippen molar-refractivity contribution in [2.45, 2.75) is 19.4 Å². The number of carboxylic acids is 1. The first kappa shape index (κ1) is 21.4. The van der Waals surface area contributed by atoms with Crippen LogP contribution in [0.5, 0.6) is 5.75 Å². The van der Waals surface area contributed by atoms with Crippen LogP contribution in [0.4, 0.5) is 13.2 Å². The zero-order valence-corrected chi connectivity index (χ0v) is 16.1. The molecule has 0 aliphatic heterocycles. The van der Waals surface area contributed by atoms with E-state index < -0.39 is 17.7 Å². The summed E-state index contributed by atoms with van der Waals surface area (Å²) in [6.45, 7) is 0.316. The molecule has 0 aliphatic carbocycles. The monoisotopic (exact) mass is 416 g/mol. The van der Waals surface area contributed by atoms with Gasteiger partial charge in [0, 0.05) is 5.56 Å². The van der Waals surface area contributed by atoms with E-state index in [1.165, 1.54) is 25.3 Å². The van der Waals surface area contributed by atoms with Gasteiger partial charge in [-0.1, -0.05) is 30.3 Å². The molecule has 0 unspecified atom stereocenters. The number of carboxylic acid groups (broad SMARTS) is 1. The minimum absolute atomic E-state index is 0.139. The minimum atomic E-state index is -4.37. The number of benzene rings is 3. The number of rotatable bonds is 7. The molecule has 3 rings (SSSR count). The van der Waals surface area contributed by atoms with E-state index in [1.807, 2.05) is 12.1 Å². The minimum Gasteiger partial charge on any atom is -0.496 e. The van der Waals surface area contributed by atoms with Gasteiger partial charge in [-0.2, -0.15) is 13.2 Å². The molecule has 3 aromatic rings. The summed E-state index contributed by atoms with van der Waals surface area (Å²) in [7, 11) is 1.53. The second-order valence-electron chi connectivity index (χ2n) is 6.60. The van der Waals surface area contributed by atoms with Gasteiger partial charge in [0.05, 0.1) is 31.5 Å². The van der Waals surface area contributed by atoms with Crippen LogP contribution in [0, 0.1) is 0 Å². The van der Waals surface area contributed by atoms with Crippen LogP contribution < -0.4 is 4.74 Å². The maximum atomic E-state index is 12.6. The largest absolute Gasteiger partial charge is 0.496 e. The van der Waals surface area contributed by atoms with Crippen LogP contribution in [0.15, 0.2) is 66.7 Å². The second kappa shape index (κ2) is 9.00. The van der Waals surface area contributed by atoms with Crippen LogP contribution in [0.3, 0.4) is 0 Å². The second-order valence-corrected chi connectivity index (χ2v) is 6.60. The van der Waals surface area contributed by atoms with Gasteiger partial charge in [0.2, 0.25) is 0 Å². The lowest BCUT2D eigenvalue weighted by atomic mass is 10.0. The summed E-state index contributed by atoms with van der Waals surface area (Å²) in [6.07, 6.45) is -4.37. The Labute approximate surface area is 171 Å². The number of carbonyl (C=O) groups is 1. The standard InChI is InChI=1S/C23H19F3O4/c1-29-21-10-7-17(16-3-2-4-18(11-16)22(27)28)12-19(21)14-30-13-15-5-8-20(9-6-15)23(24,25)26/h2-12H,13-14H2,1H3,(H,27,28). The third-order valence-electron chi connectivity index (χ3n) is 4.53. The van der Waals surface area contributed by atoms with Crippen molar-refractivity contribution in [2.75, 3.05) is 7.11 Å². The van der Waals surface area contributed by atoms with Crippen LogP contribution in [0.1, 0.15) is 27.0 Å². The predicted molar refractivity (Wildman–Crippen MR) is 105 cm³/mol. The highest BCUT2D eigenvalue weighted by atomic mass is 19.4. The van der Waals surface area contributed by atoms with E-state index in [4.69, 9.17) is 9.47 Å². The molecule has 0 heterocycles. The van der Waals surface area contributed by atoms with Gasteiger partial charge < -0.3 is 14.6 Å². The Balaban J connectivity index is 1.73. The summed E-state index contributed by atoms with van der Waals surface area (Å²) >= 11 is 0. The first-order valence-corrected chi connectivity index (χ1v) is 9.02. The normalized spacial score (nSPS) is 11.3. The highest BCUT2D eigenvalue weighted by molar-refractivity contribution is 5.89. The fourth-order valence-electron chi connectivity index (χ4n) is 2.97. The summed E-state index contributed by atoms with van der Waals surface area (Å²) in [5, 5.41) is 9.18. The predicted octanol–water partition coefficient (Wildman–Crippen LogP) is 5.80. The fraction of sp³-hybridized carbons (Fsp3) is 0.174. The van der Waals surface area contributed by atoms with Crippen molar-refractivity contribution in [3.05, 3.63) is 89.0 Å². The van der Waals surface area contributed by atoms with Crippen LogP contribution in [0.2, 0.25) is 0 Å². The first-order valence-electron chi connectivity index (χ1n) is 9.02. The molecule has 0 aliphatic rings. The lowest BCUT2D eigenvalue weighted by molar-refractivity contribution is -0.137. The average molecular weight is 416 g/mol. The third-order valence-corrected chi connectivity index (χ3v) is 4.53. The number of halogens is 3. The quantitative estimate of drug-likeness (QED) is 0.529. The first-order chi connectivity index (χ1) is 14.3. The number of aromatic carboxylic acids is 1. The van der Waals surface area contributed by atoms with Crippen molar-refractivity contribution in [3.63, 3.8) is 0 Å². The molecule has 0 bridgehead atoms. The van der Waals surface area contributed by atoms with Gasteiger partial charge in [-0.15, -0.1) is 0 Å². The van der Waals surface area contributed by atoms with E-state index in [0.29, 0.717) is 11.3 Å². The van der Waals surface area contributed by atoms with Crippen LogP contribution in [-0.2, 0) is 24.1 Å². The lowest BCUT2D eigenvalue weighted by Crippen LogP contribution is -2.04. The van der Waals surface area contributed by atoms with Crippen molar-refractivity contribution in [1.29, 1.82) is 0 Å². The molecule has 0 aromatic heterocycles. The lowest BCUT2D eigenvalue weighted by Gasteiger charge is -2.12. The summed E-state index contributed by atoms with van der Waals surface area (Å²) in [4.78, 5) is 11.2. The van der Waals surface area contributed by atoms with Gasteiger partial charge >= 0.3 is 12.1 Å². The van der Waals surface area contributed by atoms with Crippen LogP contribution >= 0.6 is 0 Å². The molecule has 0 saturated heterocycles. The van der Waals surface area contributed by atoms with Crippen LogP contribution in [-0.4, -0.2) is 18.2 Å². The average Bonchev–Trinajstić information content (AvgIpc) is 2.73. The van der Waals surface area contributed by atoms with Gasteiger partial charge in [0.1, 0.15) is 5.75 Å². The van der Waals surface area contributed by atoms with Crippen molar-refractivity contribution in [3.8, 4) is 16.9 Å². The van der Waals surface area contributed by atoms with Gasteiger partial charge in [-0.3, -0.25) is 0 Å². The molecule has 0 amide bonds. The molecule has 4 nitrogen and oxygen atoms in total. The highest BCUT2D eigenvalue weighted by Gasteiger charge is 2.29. The SMILES string of the molecule is COc1ccc(-c2cccc(C(=O)O)c2)cc1COCc1ccc(C(F)(F)F)cc1. The molecule has 0 radical (unpaired) electrons. The summed E-state index contributed by atoms with van der Waals surface area (Å²) in [6, 6.07) is 16.8. The smallest absolute Gasteiger partial charge is 0.416 e. The molecule has 0 atom stereocenters.